The number of pyridine rings is 2. The Bertz CT molecular complexity index is 1050. The molecule has 10 heteroatoms. The molecule has 0 spiro atoms. The number of allylic oxidation sites excluding steroid dienone is 1. The van der Waals surface area contributed by atoms with E-state index in [2.05, 4.69) is 25.3 Å². The van der Waals surface area contributed by atoms with Crippen LogP contribution >= 0.6 is 11.6 Å². The Balaban J connectivity index is 1.58. The molecule has 3 aromatic heterocycles. The summed E-state index contributed by atoms with van der Waals surface area (Å²) in [6.45, 7) is 0.273. The topological polar surface area (TPSA) is 89.8 Å². The summed E-state index contributed by atoms with van der Waals surface area (Å²) in [6.07, 6.45) is 4.69. The van der Waals surface area contributed by atoms with Crippen LogP contribution in [0.25, 0.3) is 11.0 Å². The third kappa shape index (κ3) is 5.41. The van der Waals surface area contributed by atoms with Crippen LogP contribution in [0.5, 0.6) is 0 Å². The van der Waals surface area contributed by atoms with Crippen molar-refractivity contribution in [3.63, 3.8) is 0 Å². The molecule has 0 aliphatic rings. The number of halogens is 4. The number of hydrogen-bond donors (Lipinski definition) is 3. The fourth-order valence-electron chi connectivity index (χ4n) is 2.58. The highest BCUT2D eigenvalue weighted by molar-refractivity contribution is 6.31. The van der Waals surface area contributed by atoms with E-state index in [1.54, 1.807) is 12.3 Å². The minimum atomic E-state index is -4.45. The molecule has 29 heavy (non-hydrogen) atoms. The van der Waals surface area contributed by atoms with Gasteiger partial charge in [-0.05, 0) is 28.8 Å². The number of aromatic nitrogens is 3. The SMILES string of the molecule is N=C/C(=C\N=C\NCc1ccc(C(F)(F)F)nc1)Cc1c[nH]c2ncc(Cl)cc12. The Hall–Kier alpha value is -3.20. The summed E-state index contributed by atoms with van der Waals surface area (Å²) in [5.74, 6) is 0. The maximum Gasteiger partial charge on any atom is 0.433 e. The lowest BCUT2D eigenvalue weighted by molar-refractivity contribution is -0.141. The maximum atomic E-state index is 12.5. The van der Waals surface area contributed by atoms with Crippen molar-refractivity contribution in [3.8, 4) is 0 Å². The summed E-state index contributed by atoms with van der Waals surface area (Å²) in [6, 6.07) is 4.09. The molecule has 150 valence electrons. The molecule has 3 N–H and O–H groups in total. The van der Waals surface area contributed by atoms with Crippen LogP contribution in [0.1, 0.15) is 16.8 Å². The van der Waals surface area contributed by atoms with Gasteiger partial charge in [0.2, 0.25) is 0 Å². The van der Waals surface area contributed by atoms with Crippen LogP contribution in [0, 0.1) is 5.41 Å². The van der Waals surface area contributed by atoms with Gasteiger partial charge in [-0.3, -0.25) is 4.98 Å². The number of alkyl halides is 3. The molecular formula is C19H16ClF3N6. The number of hydrogen-bond acceptors (Lipinski definition) is 4. The molecule has 0 aromatic carbocycles. The molecular weight excluding hydrogens is 405 g/mol. The lowest BCUT2D eigenvalue weighted by atomic mass is 10.1. The fourth-order valence-corrected chi connectivity index (χ4v) is 2.74. The summed E-state index contributed by atoms with van der Waals surface area (Å²) in [5.41, 5.74) is 1.96. The first-order valence-electron chi connectivity index (χ1n) is 8.45. The summed E-state index contributed by atoms with van der Waals surface area (Å²) in [5, 5.41) is 11.8. The summed E-state index contributed by atoms with van der Waals surface area (Å²) in [7, 11) is 0. The van der Waals surface area contributed by atoms with Gasteiger partial charge in [0.1, 0.15) is 11.3 Å². The van der Waals surface area contributed by atoms with Gasteiger partial charge in [0.05, 0.1) is 11.4 Å². The van der Waals surface area contributed by atoms with Crippen LogP contribution in [0.2, 0.25) is 5.02 Å². The monoisotopic (exact) mass is 420 g/mol. The third-order valence-electron chi connectivity index (χ3n) is 3.99. The van der Waals surface area contributed by atoms with Gasteiger partial charge in [0, 0.05) is 49.4 Å². The van der Waals surface area contributed by atoms with Gasteiger partial charge in [0.25, 0.3) is 0 Å². The number of rotatable bonds is 7. The Labute approximate surface area is 169 Å². The predicted molar refractivity (Wildman–Crippen MR) is 106 cm³/mol. The van der Waals surface area contributed by atoms with Crippen LogP contribution in [0.4, 0.5) is 13.2 Å². The number of H-pyrrole nitrogens is 1. The Morgan fingerprint density at radius 3 is 2.79 bits per heavy atom. The van der Waals surface area contributed by atoms with Crippen molar-refractivity contribution in [3.05, 3.63) is 70.4 Å². The first-order chi connectivity index (χ1) is 13.9. The van der Waals surface area contributed by atoms with Gasteiger partial charge < -0.3 is 15.7 Å². The van der Waals surface area contributed by atoms with E-state index >= 15 is 0 Å². The van der Waals surface area contributed by atoms with Crippen LogP contribution < -0.4 is 5.32 Å². The van der Waals surface area contributed by atoms with Gasteiger partial charge in [-0.25, -0.2) is 9.98 Å². The highest BCUT2D eigenvalue weighted by atomic mass is 35.5. The van der Waals surface area contributed by atoms with Crippen molar-refractivity contribution in [1.29, 1.82) is 5.41 Å². The zero-order chi connectivity index (χ0) is 20.9. The van der Waals surface area contributed by atoms with E-state index in [1.807, 2.05) is 6.20 Å². The molecule has 0 atom stereocenters. The number of aliphatic imine (C=N–C) groups is 1. The van der Waals surface area contributed by atoms with Crippen LogP contribution in [0.3, 0.4) is 0 Å². The van der Waals surface area contributed by atoms with Gasteiger partial charge in [-0.1, -0.05) is 17.7 Å². The normalized spacial score (nSPS) is 12.6. The van der Waals surface area contributed by atoms with Crippen LogP contribution in [-0.4, -0.2) is 27.5 Å². The van der Waals surface area contributed by atoms with E-state index in [0.717, 1.165) is 17.0 Å². The maximum absolute atomic E-state index is 12.5. The highest BCUT2D eigenvalue weighted by Crippen LogP contribution is 2.27. The molecule has 6 nitrogen and oxygen atoms in total. The largest absolute Gasteiger partial charge is 0.433 e. The van der Waals surface area contributed by atoms with Crippen LogP contribution in [0.15, 0.2) is 53.6 Å². The molecule has 0 bridgehead atoms. The molecule has 3 heterocycles. The standard InChI is InChI=1S/C19H16ClF3N6/c20-15-4-16-14(9-28-18(16)29-10-15)3-13(5-24)7-26-11-25-6-12-1-2-17(27-8-12)19(21,22)23/h1-2,4-5,7-11,24H,3,6H2,(H,25,26)(H,28,29)/b13-7-,24-5?. The second-order valence-corrected chi connectivity index (χ2v) is 6.53. The van der Waals surface area contributed by atoms with Crippen molar-refractivity contribution in [2.45, 2.75) is 19.1 Å². The Kier molecular flexibility index (Phi) is 6.28. The average molecular weight is 421 g/mol. The predicted octanol–water partition coefficient (Wildman–Crippen LogP) is 4.52. The smallest absolute Gasteiger partial charge is 0.372 e. The zero-order valence-corrected chi connectivity index (χ0v) is 15.7. The molecule has 0 saturated heterocycles. The quantitative estimate of drug-likeness (QED) is 0.387. The van der Waals surface area contributed by atoms with Crippen molar-refractivity contribution < 1.29 is 13.2 Å². The first kappa shape index (κ1) is 20.5. The van der Waals surface area contributed by atoms with E-state index in [-0.39, 0.29) is 6.54 Å². The number of nitrogens with zero attached hydrogens (tertiary/aromatic N) is 3. The Morgan fingerprint density at radius 1 is 1.28 bits per heavy atom. The van der Waals surface area contributed by atoms with E-state index in [9.17, 15) is 13.2 Å². The molecule has 0 saturated carbocycles. The molecule has 3 aromatic rings. The molecule has 0 aliphatic heterocycles. The lowest BCUT2D eigenvalue weighted by Crippen LogP contribution is -2.12. The van der Waals surface area contributed by atoms with Gasteiger partial charge >= 0.3 is 6.18 Å². The second-order valence-electron chi connectivity index (χ2n) is 6.10. The van der Waals surface area contributed by atoms with E-state index < -0.39 is 11.9 Å². The lowest BCUT2D eigenvalue weighted by Gasteiger charge is -2.06. The van der Waals surface area contributed by atoms with Crippen LogP contribution in [-0.2, 0) is 19.1 Å². The first-order valence-corrected chi connectivity index (χ1v) is 8.83. The summed E-state index contributed by atoms with van der Waals surface area (Å²) < 4.78 is 37.5. The fraction of sp³-hybridized carbons (Fsp3) is 0.158. The van der Waals surface area contributed by atoms with Crippen molar-refractivity contribution >= 4 is 35.2 Å². The number of aromatic amines is 1. The van der Waals surface area contributed by atoms with Gasteiger partial charge in [-0.15, -0.1) is 0 Å². The third-order valence-corrected chi connectivity index (χ3v) is 4.20. The average Bonchev–Trinajstić information content (AvgIpc) is 3.08. The van der Waals surface area contributed by atoms with Crippen molar-refractivity contribution in [1.82, 2.24) is 20.3 Å². The highest BCUT2D eigenvalue weighted by Gasteiger charge is 2.31. The van der Waals surface area contributed by atoms with Crippen molar-refractivity contribution in [2.24, 2.45) is 4.99 Å². The number of fused-ring (bicyclic) bond motifs is 1. The summed E-state index contributed by atoms with van der Waals surface area (Å²) >= 11 is 5.99. The van der Waals surface area contributed by atoms with Crippen molar-refractivity contribution in [2.75, 3.05) is 0 Å². The van der Waals surface area contributed by atoms with Gasteiger partial charge in [-0.2, -0.15) is 13.2 Å². The molecule has 0 fully saturated rings. The van der Waals surface area contributed by atoms with E-state index in [0.29, 0.717) is 28.2 Å². The minimum Gasteiger partial charge on any atom is -0.372 e. The Morgan fingerprint density at radius 2 is 2.10 bits per heavy atom. The molecule has 0 unspecified atom stereocenters. The molecule has 3 rings (SSSR count). The van der Waals surface area contributed by atoms with Gasteiger partial charge in [0.15, 0.2) is 0 Å². The molecule has 0 aliphatic carbocycles. The minimum absolute atomic E-state index is 0.273. The van der Waals surface area contributed by atoms with E-state index in [1.165, 1.54) is 31.0 Å². The number of nitrogens with one attached hydrogen (secondary N) is 3. The second kappa shape index (κ2) is 8.87. The molecule has 0 amide bonds. The van der Waals surface area contributed by atoms with E-state index in [4.69, 9.17) is 17.0 Å². The summed E-state index contributed by atoms with van der Waals surface area (Å²) in [4.78, 5) is 14.7. The zero-order valence-electron chi connectivity index (χ0n) is 15.0. The molecule has 0 radical (unpaired) electrons.